The molecule has 20 heteroatoms. The SMILES string of the molecule is NCCOCCOCCOCCOCCOCCOCCOCCOCCOCCOCCOCCOCCOCCOCCOCCP(=O)(O)O. The van der Waals surface area contributed by atoms with Crippen molar-refractivity contribution in [1.82, 2.24) is 0 Å². The lowest BCUT2D eigenvalue weighted by atomic mass is 10.6. The van der Waals surface area contributed by atoms with Crippen LogP contribution in [0.4, 0.5) is 0 Å². The van der Waals surface area contributed by atoms with Crippen LogP contribution in [0.1, 0.15) is 0 Å². The number of rotatable bonds is 47. The van der Waals surface area contributed by atoms with Crippen molar-refractivity contribution in [3.8, 4) is 0 Å². The molecule has 4 N–H and O–H groups in total. The van der Waals surface area contributed by atoms with E-state index in [2.05, 4.69) is 0 Å². The van der Waals surface area contributed by atoms with Gasteiger partial charge in [-0.1, -0.05) is 0 Å². The standard InChI is InChI=1S/C32H68NO18P/c33-1-2-37-3-4-38-5-6-39-7-8-40-9-10-41-11-12-42-13-14-43-15-16-44-17-18-45-19-20-46-21-22-47-23-24-48-25-26-49-27-28-50-29-30-51-31-32-52(34,35)36/h1-33H2,(H2,34,35,36). The maximum Gasteiger partial charge on any atom is 0.327 e. The first-order valence-electron chi connectivity index (χ1n) is 18.0. The highest BCUT2D eigenvalue weighted by Gasteiger charge is 2.11. The summed E-state index contributed by atoms with van der Waals surface area (Å²) in [5.74, 6) is 0. The van der Waals surface area contributed by atoms with E-state index in [1.807, 2.05) is 0 Å². The van der Waals surface area contributed by atoms with Gasteiger partial charge in [0, 0.05) is 6.54 Å². The summed E-state index contributed by atoms with van der Waals surface area (Å²) in [5, 5.41) is 0. The van der Waals surface area contributed by atoms with Gasteiger partial charge in [0.25, 0.3) is 0 Å². The lowest BCUT2D eigenvalue weighted by Gasteiger charge is -2.09. The summed E-state index contributed by atoms with van der Waals surface area (Å²) in [6, 6.07) is 0. The van der Waals surface area contributed by atoms with Crippen LogP contribution in [0.3, 0.4) is 0 Å². The van der Waals surface area contributed by atoms with Gasteiger partial charge < -0.3 is 86.6 Å². The molecule has 0 bridgehead atoms. The summed E-state index contributed by atoms with van der Waals surface area (Å²) in [6.45, 7) is 14.3. The van der Waals surface area contributed by atoms with Gasteiger partial charge in [-0.25, -0.2) is 0 Å². The van der Waals surface area contributed by atoms with E-state index in [1.54, 1.807) is 0 Å². The molecule has 0 radical (unpaired) electrons. The molecule has 0 aliphatic carbocycles. The van der Waals surface area contributed by atoms with Gasteiger partial charge in [0.15, 0.2) is 0 Å². The van der Waals surface area contributed by atoms with Gasteiger partial charge in [0.1, 0.15) is 0 Å². The fourth-order valence-corrected chi connectivity index (χ4v) is 3.81. The number of hydrogen-bond acceptors (Lipinski definition) is 17. The monoisotopic (exact) mass is 785 g/mol. The zero-order valence-corrected chi connectivity index (χ0v) is 32.0. The molecule has 0 rings (SSSR count). The van der Waals surface area contributed by atoms with Crippen molar-refractivity contribution in [2.75, 3.05) is 211 Å². The molecule has 0 aromatic heterocycles. The Morgan fingerprint density at radius 2 is 0.404 bits per heavy atom. The lowest BCUT2D eigenvalue weighted by molar-refractivity contribution is -0.0299. The maximum atomic E-state index is 10.7. The van der Waals surface area contributed by atoms with Gasteiger partial charge in [-0.05, 0) is 0 Å². The van der Waals surface area contributed by atoms with Crippen LogP contribution in [0, 0.1) is 0 Å². The van der Waals surface area contributed by atoms with Crippen LogP contribution in [0.5, 0.6) is 0 Å². The third kappa shape index (κ3) is 49.5. The Balaban J connectivity index is 3.06. The summed E-state index contributed by atoms with van der Waals surface area (Å²) < 4.78 is 91.6. The Kier molecular flexibility index (Phi) is 44.5. The molecule has 0 saturated heterocycles. The first-order valence-corrected chi connectivity index (χ1v) is 19.8. The first-order chi connectivity index (χ1) is 25.6. The van der Waals surface area contributed by atoms with E-state index in [0.29, 0.717) is 192 Å². The van der Waals surface area contributed by atoms with Crippen molar-refractivity contribution >= 4 is 7.60 Å². The van der Waals surface area contributed by atoms with Crippen LogP contribution < -0.4 is 5.73 Å². The minimum Gasteiger partial charge on any atom is -0.378 e. The van der Waals surface area contributed by atoms with Crippen molar-refractivity contribution in [3.05, 3.63) is 0 Å². The van der Waals surface area contributed by atoms with Crippen molar-refractivity contribution in [2.24, 2.45) is 5.73 Å². The Morgan fingerprint density at radius 3 is 0.538 bits per heavy atom. The summed E-state index contributed by atoms with van der Waals surface area (Å²) in [6.07, 6.45) is -0.290. The molecule has 0 aromatic carbocycles. The zero-order valence-electron chi connectivity index (χ0n) is 31.1. The minimum atomic E-state index is -4.00. The third-order valence-electron chi connectivity index (χ3n) is 6.00. The van der Waals surface area contributed by atoms with Gasteiger partial charge in [-0.2, -0.15) is 0 Å². The second-order valence-corrected chi connectivity index (χ2v) is 12.1. The predicted molar refractivity (Wildman–Crippen MR) is 188 cm³/mol. The molecule has 0 atom stereocenters. The van der Waals surface area contributed by atoms with E-state index >= 15 is 0 Å². The molecular formula is C32H68NO18P. The van der Waals surface area contributed by atoms with Crippen LogP contribution in [0.2, 0.25) is 0 Å². The molecule has 52 heavy (non-hydrogen) atoms. The Morgan fingerprint density at radius 1 is 0.269 bits per heavy atom. The normalized spacial score (nSPS) is 12.0. The van der Waals surface area contributed by atoms with Crippen LogP contribution in [0.15, 0.2) is 0 Å². The molecule has 0 amide bonds. The molecule has 0 aliphatic rings. The van der Waals surface area contributed by atoms with E-state index in [1.165, 1.54) is 0 Å². The number of ether oxygens (including phenoxy) is 15. The van der Waals surface area contributed by atoms with Crippen molar-refractivity contribution in [2.45, 2.75) is 0 Å². The Labute approximate surface area is 309 Å². The molecule has 0 heterocycles. The van der Waals surface area contributed by atoms with Crippen molar-refractivity contribution in [3.63, 3.8) is 0 Å². The fourth-order valence-electron chi connectivity index (χ4n) is 3.45. The highest BCUT2D eigenvalue weighted by Crippen LogP contribution is 2.33. The highest BCUT2D eigenvalue weighted by molar-refractivity contribution is 7.51. The molecule has 0 unspecified atom stereocenters. The summed E-state index contributed by atoms with van der Waals surface area (Å²) >= 11 is 0. The van der Waals surface area contributed by atoms with Crippen LogP contribution in [0.25, 0.3) is 0 Å². The first kappa shape index (κ1) is 51.5. The average Bonchev–Trinajstić information content (AvgIpc) is 3.12. The predicted octanol–water partition coefficient (Wildman–Crippen LogP) is -0.628. The summed E-state index contributed by atoms with van der Waals surface area (Å²) in [4.78, 5) is 17.4. The molecule has 0 spiro atoms. The highest BCUT2D eigenvalue weighted by atomic mass is 31.2. The Bertz CT molecular complexity index is 714. The van der Waals surface area contributed by atoms with Gasteiger partial charge in [0.2, 0.25) is 0 Å². The Hall–Kier alpha value is -0.490. The van der Waals surface area contributed by atoms with Gasteiger partial charge in [-0.3, -0.25) is 4.57 Å². The molecule has 19 nitrogen and oxygen atoms in total. The van der Waals surface area contributed by atoms with Crippen LogP contribution in [-0.2, 0) is 75.6 Å². The second-order valence-electron chi connectivity index (χ2n) is 10.4. The second kappa shape index (κ2) is 44.9. The fraction of sp³-hybridized carbons (Fsp3) is 1.00. The molecule has 0 aromatic rings. The smallest absolute Gasteiger partial charge is 0.327 e. The van der Waals surface area contributed by atoms with E-state index in [4.69, 9.17) is 86.6 Å². The van der Waals surface area contributed by atoms with Gasteiger partial charge >= 0.3 is 7.60 Å². The quantitative estimate of drug-likeness (QED) is 0.0516. The van der Waals surface area contributed by atoms with Gasteiger partial charge in [-0.15, -0.1) is 0 Å². The lowest BCUT2D eigenvalue weighted by Crippen LogP contribution is -2.16. The van der Waals surface area contributed by atoms with Gasteiger partial charge in [0.05, 0.1) is 204 Å². The topological polar surface area (TPSA) is 222 Å². The molecular weight excluding hydrogens is 717 g/mol. The molecule has 0 aliphatic heterocycles. The largest absolute Gasteiger partial charge is 0.378 e. The van der Waals surface area contributed by atoms with E-state index in [9.17, 15) is 4.57 Å². The van der Waals surface area contributed by atoms with E-state index in [0.717, 1.165) is 0 Å². The number of nitrogens with two attached hydrogens (primary N) is 1. The molecule has 314 valence electrons. The van der Waals surface area contributed by atoms with E-state index in [-0.39, 0.29) is 19.4 Å². The van der Waals surface area contributed by atoms with Crippen LogP contribution >= 0.6 is 7.60 Å². The van der Waals surface area contributed by atoms with Crippen molar-refractivity contribution < 1.29 is 85.4 Å². The zero-order chi connectivity index (χ0) is 37.7. The molecule has 0 saturated carbocycles. The average molecular weight is 786 g/mol. The van der Waals surface area contributed by atoms with Crippen molar-refractivity contribution in [1.29, 1.82) is 0 Å². The summed E-state index contributed by atoms with van der Waals surface area (Å²) in [7, 11) is -4.00. The van der Waals surface area contributed by atoms with E-state index < -0.39 is 7.60 Å². The number of hydrogen-bond donors (Lipinski definition) is 3. The summed E-state index contributed by atoms with van der Waals surface area (Å²) in [5.41, 5.74) is 5.33. The third-order valence-corrected chi connectivity index (χ3v) is 6.76. The maximum absolute atomic E-state index is 10.7. The molecule has 0 fully saturated rings. The minimum absolute atomic E-state index is 0.00356. The van der Waals surface area contributed by atoms with Crippen LogP contribution in [-0.4, -0.2) is 221 Å².